The lowest BCUT2D eigenvalue weighted by molar-refractivity contribution is 0.354. The molecule has 0 unspecified atom stereocenters. The molecular formula is C12H17N3O2. The Bertz CT molecular complexity index is 441. The zero-order valence-corrected chi connectivity index (χ0v) is 10.5. The molecule has 1 aromatic heterocycles. The van der Waals surface area contributed by atoms with Gasteiger partial charge in [0.25, 0.3) is 0 Å². The lowest BCUT2D eigenvalue weighted by atomic mass is 10.3. The van der Waals surface area contributed by atoms with Crippen LogP contribution in [-0.4, -0.2) is 29.2 Å². The molecule has 0 aliphatic rings. The number of benzene rings is 1. The van der Waals surface area contributed by atoms with Gasteiger partial charge in [-0.15, -0.1) is 0 Å². The summed E-state index contributed by atoms with van der Waals surface area (Å²) in [6, 6.07) is 5.50. The van der Waals surface area contributed by atoms with Crippen LogP contribution in [0.5, 0.6) is 11.5 Å². The van der Waals surface area contributed by atoms with Gasteiger partial charge in [-0.3, -0.25) is 0 Å². The summed E-state index contributed by atoms with van der Waals surface area (Å²) in [4.78, 5) is 1.52. The minimum Gasteiger partial charge on any atom is -0.493 e. The van der Waals surface area contributed by atoms with Crippen LogP contribution in [0.25, 0.3) is 5.69 Å². The molecule has 17 heavy (non-hydrogen) atoms. The van der Waals surface area contributed by atoms with Crippen molar-refractivity contribution in [2.75, 3.05) is 14.2 Å². The first kappa shape index (κ1) is 13.0. The van der Waals surface area contributed by atoms with Gasteiger partial charge in [0.1, 0.15) is 0 Å². The van der Waals surface area contributed by atoms with Crippen molar-refractivity contribution < 1.29 is 9.47 Å². The molecule has 0 radical (unpaired) electrons. The maximum absolute atomic E-state index is 5.18. The third-order valence-corrected chi connectivity index (χ3v) is 2.02. The van der Waals surface area contributed by atoms with Gasteiger partial charge in [-0.1, -0.05) is 13.8 Å². The van der Waals surface area contributed by atoms with E-state index in [1.54, 1.807) is 26.6 Å². The van der Waals surface area contributed by atoms with E-state index in [1.807, 2.05) is 32.0 Å². The van der Waals surface area contributed by atoms with Crippen molar-refractivity contribution in [1.82, 2.24) is 15.0 Å². The van der Waals surface area contributed by atoms with Crippen LogP contribution in [0, 0.1) is 0 Å². The van der Waals surface area contributed by atoms with E-state index in [-0.39, 0.29) is 0 Å². The maximum Gasteiger partial charge on any atom is 0.162 e. The third kappa shape index (κ3) is 2.96. The van der Waals surface area contributed by atoms with Gasteiger partial charge in [0.2, 0.25) is 0 Å². The predicted octanol–water partition coefficient (Wildman–Crippen LogP) is 2.31. The first-order valence-electron chi connectivity index (χ1n) is 5.44. The van der Waals surface area contributed by atoms with E-state index in [0.29, 0.717) is 11.5 Å². The number of methoxy groups -OCH3 is 2. The van der Waals surface area contributed by atoms with E-state index in [2.05, 4.69) is 10.2 Å². The van der Waals surface area contributed by atoms with Crippen LogP contribution < -0.4 is 9.47 Å². The van der Waals surface area contributed by atoms with Crippen LogP contribution in [0.2, 0.25) is 0 Å². The molecule has 0 N–H and O–H groups in total. The monoisotopic (exact) mass is 235 g/mol. The fourth-order valence-electron chi connectivity index (χ4n) is 1.30. The SMILES string of the molecule is CC.COc1ccc(-n2nccn2)cc1OC. The molecule has 0 amide bonds. The normalized spacial score (nSPS) is 9.18. The predicted molar refractivity (Wildman–Crippen MR) is 65.8 cm³/mol. The van der Waals surface area contributed by atoms with Crippen molar-refractivity contribution in [1.29, 1.82) is 0 Å². The highest BCUT2D eigenvalue weighted by Crippen LogP contribution is 2.28. The Morgan fingerprint density at radius 3 is 2.06 bits per heavy atom. The Kier molecular flexibility index (Phi) is 5.00. The molecule has 0 saturated heterocycles. The maximum atomic E-state index is 5.18. The average Bonchev–Trinajstić information content (AvgIpc) is 2.94. The van der Waals surface area contributed by atoms with Gasteiger partial charge >= 0.3 is 0 Å². The van der Waals surface area contributed by atoms with E-state index >= 15 is 0 Å². The summed E-state index contributed by atoms with van der Waals surface area (Å²) in [7, 11) is 3.20. The van der Waals surface area contributed by atoms with Gasteiger partial charge in [0.15, 0.2) is 11.5 Å². The molecule has 2 aromatic rings. The Balaban J connectivity index is 0.000000686. The number of hydrogen-bond acceptors (Lipinski definition) is 4. The van der Waals surface area contributed by atoms with Crippen LogP contribution in [0.4, 0.5) is 0 Å². The van der Waals surface area contributed by atoms with Crippen molar-refractivity contribution in [2.24, 2.45) is 0 Å². The topological polar surface area (TPSA) is 49.2 Å². The molecule has 0 atom stereocenters. The molecular weight excluding hydrogens is 218 g/mol. The molecule has 92 valence electrons. The molecule has 0 aliphatic carbocycles. The number of nitrogens with zero attached hydrogens (tertiary/aromatic N) is 3. The van der Waals surface area contributed by atoms with Gasteiger partial charge in [0, 0.05) is 6.07 Å². The number of ether oxygens (including phenoxy) is 2. The fraction of sp³-hybridized carbons (Fsp3) is 0.333. The van der Waals surface area contributed by atoms with E-state index in [4.69, 9.17) is 9.47 Å². The third-order valence-electron chi connectivity index (χ3n) is 2.02. The van der Waals surface area contributed by atoms with Gasteiger partial charge in [-0.05, 0) is 12.1 Å². The minimum absolute atomic E-state index is 0.660. The summed E-state index contributed by atoms with van der Waals surface area (Å²) >= 11 is 0. The summed E-state index contributed by atoms with van der Waals surface area (Å²) in [5.74, 6) is 1.35. The highest BCUT2D eigenvalue weighted by Gasteiger charge is 2.05. The number of aromatic nitrogens is 3. The number of hydrogen-bond donors (Lipinski definition) is 0. The molecule has 5 nitrogen and oxygen atoms in total. The summed E-state index contributed by atoms with van der Waals surface area (Å²) in [6.45, 7) is 4.00. The minimum atomic E-state index is 0.660. The molecule has 0 spiro atoms. The number of rotatable bonds is 3. The molecule has 0 saturated carbocycles. The zero-order chi connectivity index (χ0) is 12.7. The van der Waals surface area contributed by atoms with E-state index in [9.17, 15) is 0 Å². The largest absolute Gasteiger partial charge is 0.493 e. The Morgan fingerprint density at radius 2 is 1.53 bits per heavy atom. The lowest BCUT2D eigenvalue weighted by Gasteiger charge is -2.08. The first-order chi connectivity index (χ1) is 8.35. The van der Waals surface area contributed by atoms with E-state index in [0.717, 1.165) is 5.69 Å². The molecule has 5 heteroatoms. The molecule has 2 rings (SSSR count). The molecule has 0 aliphatic heterocycles. The fourth-order valence-corrected chi connectivity index (χ4v) is 1.30. The van der Waals surface area contributed by atoms with Gasteiger partial charge < -0.3 is 9.47 Å². The van der Waals surface area contributed by atoms with Crippen molar-refractivity contribution in [3.63, 3.8) is 0 Å². The molecule has 1 aromatic carbocycles. The lowest BCUT2D eigenvalue weighted by Crippen LogP contribution is -1.99. The van der Waals surface area contributed by atoms with Crippen LogP contribution >= 0.6 is 0 Å². The second kappa shape index (κ2) is 6.52. The van der Waals surface area contributed by atoms with Gasteiger partial charge in [-0.2, -0.15) is 15.0 Å². The van der Waals surface area contributed by atoms with E-state index in [1.165, 1.54) is 4.80 Å². The average molecular weight is 235 g/mol. The van der Waals surface area contributed by atoms with Crippen molar-refractivity contribution in [2.45, 2.75) is 13.8 Å². The Morgan fingerprint density at radius 1 is 0.941 bits per heavy atom. The standard InChI is InChI=1S/C10H11N3O2.C2H6/c1-14-9-4-3-8(7-10(9)15-2)13-11-5-6-12-13;1-2/h3-7H,1-2H3;1-2H3. The van der Waals surface area contributed by atoms with E-state index < -0.39 is 0 Å². The summed E-state index contributed by atoms with van der Waals surface area (Å²) in [5, 5.41) is 8.05. The highest BCUT2D eigenvalue weighted by molar-refractivity contribution is 5.47. The first-order valence-corrected chi connectivity index (χ1v) is 5.44. The van der Waals surface area contributed by atoms with Gasteiger partial charge in [0.05, 0.1) is 32.3 Å². The Labute approximate surface area is 101 Å². The van der Waals surface area contributed by atoms with Crippen molar-refractivity contribution >= 4 is 0 Å². The second-order valence-electron chi connectivity index (χ2n) is 2.86. The quantitative estimate of drug-likeness (QED) is 0.819. The highest BCUT2D eigenvalue weighted by atomic mass is 16.5. The Hall–Kier alpha value is -2.04. The van der Waals surface area contributed by atoms with Crippen LogP contribution in [-0.2, 0) is 0 Å². The second-order valence-corrected chi connectivity index (χ2v) is 2.86. The molecule has 0 fully saturated rings. The molecule has 0 bridgehead atoms. The molecule has 1 heterocycles. The van der Waals surface area contributed by atoms with Crippen LogP contribution in [0.3, 0.4) is 0 Å². The summed E-state index contributed by atoms with van der Waals surface area (Å²) in [5.41, 5.74) is 0.831. The van der Waals surface area contributed by atoms with Crippen molar-refractivity contribution in [3.05, 3.63) is 30.6 Å². The van der Waals surface area contributed by atoms with Crippen molar-refractivity contribution in [3.8, 4) is 17.2 Å². The zero-order valence-electron chi connectivity index (χ0n) is 10.5. The van der Waals surface area contributed by atoms with Crippen LogP contribution in [0.15, 0.2) is 30.6 Å². The van der Waals surface area contributed by atoms with Gasteiger partial charge in [-0.25, -0.2) is 0 Å². The van der Waals surface area contributed by atoms with Crippen LogP contribution in [0.1, 0.15) is 13.8 Å². The summed E-state index contributed by atoms with van der Waals surface area (Å²) in [6.07, 6.45) is 3.24. The smallest absolute Gasteiger partial charge is 0.162 e. The summed E-state index contributed by atoms with van der Waals surface area (Å²) < 4.78 is 10.3.